The van der Waals surface area contributed by atoms with Crippen LogP contribution in [0.25, 0.3) is 27.4 Å². The van der Waals surface area contributed by atoms with Gasteiger partial charge in [-0.05, 0) is 111 Å². The second kappa shape index (κ2) is 12.8. The molecule has 0 spiro atoms. The standard InChI is InChI=1S/C52H40BN3O/c1-52(2,3)36-31-47-51-48(32-36)57-49-34-45(55(38-20-10-5-11-21-38)39-22-12-6-13-23-39)41-26-16-17-27-42(41)50(49)53(51)43-30-35-28-29-54(37-18-8-4-9-19-37)44(35)33-46(43)56(47)40-24-14-7-15-25-40/h4-34H,1-3H3. The first-order chi connectivity index (χ1) is 27.9. The largest absolute Gasteiger partial charge is 0.458 e. The fourth-order valence-electron chi connectivity index (χ4n) is 9.09. The number of benzene rings is 8. The molecule has 11 rings (SSSR count). The minimum absolute atomic E-state index is 0.0759. The maximum atomic E-state index is 7.32. The van der Waals surface area contributed by atoms with Crippen LogP contribution in [0.3, 0.4) is 0 Å². The summed E-state index contributed by atoms with van der Waals surface area (Å²) >= 11 is 0. The van der Waals surface area contributed by atoms with Crippen molar-refractivity contribution in [2.75, 3.05) is 9.80 Å². The zero-order valence-corrected chi connectivity index (χ0v) is 32.2. The van der Waals surface area contributed by atoms with Gasteiger partial charge in [-0.2, -0.15) is 0 Å². The Morgan fingerprint density at radius 3 is 1.75 bits per heavy atom. The third kappa shape index (κ3) is 5.30. The Morgan fingerprint density at radius 2 is 1.11 bits per heavy atom. The molecule has 9 aromatic rings. The zero-order chi connectivity index (χ0) is 38.3. The van der Waals surface area contributed by atoms with Crippen molar-refractivity contribution in [2.24, 2.45) is 0 Å². The van der Waals surface area contributed by atoms with E-state index in [4.69, 9.17) is 4.74 Å². The number of nitrogens with zero attached hydrogens (tertiary/aromatic N) is 3. The van der Waals surface area contributed by atoms with E-state index in [-0.39, 0.29) is 12.1 Å². The second-order valence-corrected chi connectivity index (χ2v) is 16.2. The molecule has 0 unspecified atom stereocenters. The highest BCUT2D eigenvalue weighted by molar-refractivity contribution is 7.00. The van der Waals surface area contributed by atoms with Crippen LogP contribution in [0.15, 0.2) is 188 Å². The minimum atomic E-state index is -0.120. The maximum absolute atomic E-state index is 7.32. The molecule has 2 aliphatic rings. The molecule has 272 valence electrons. The lowest BCUT2D eigenvalue weighted by molar-refractivity contribution is 0.484. The van der Waals surface area contributed by atoms with Gasteiger partial charge in [0.05, 0.1) is 11.2 Å². The third-order valence-corrected chi connectivity index (χ3v) is 11.8. The van der Waals surface area contributed by atoms with Crippen LogP contribution >= 0.6 is 0 Å². The number of para-hydroxylation sites is 4. The van der Waals surface area contributed by atoms with Crippen LogP contribution in [0.4, 0.5) is 34.1 Å². The van der Waals surface area contributed by atoms with Gasteiger partial charge in [-0.25, -0.2) is 0 Å². The van der Waals surface area contributed by atoms with Gasteiger partial charge in [0, 0.05) is 51.8 Å². The van der Waals surface area contributed by atoms with Gasteiger partial charge in [0.2, 0.25) is 0 Å². The van der Waals surface area contributed by atoms with Crippen molar-refractivity contribution in [3.05, 3.63) is 194 Å². The number of rotatable bonds is 5. The monoisotopic (exact) mass is 733 g/mol. The summed E-state index contributed by atoms with van der Waals surface area (Å²) in [6.07, 6.45) is 2.20. The molecule has 1 aromatic heterocycles. The van der Waals surface area contributed by atoms with Crippen LogP contribution in [0, 0.1) is 0 Å². The molecule has 0 N–H and O–H groups in total. The molecule has 4 nitrogen and oxygen atoms in total. The molecule has 0 aliphatic carbocycles. The van der Waals surface area contributed by atoms with E-state index in [1.165, 1.54) is 49.3 Å². The first kappa shape index (κ1) is 33.4. The van der Waals surface area contributed by atoms with Gasteiger partial charge < -0.3 is 19.1 Å². The molecule has 0 atom stereocenters. The molecular formula is C52H40BN3O. The Kier molecular flexibility index (Phi) is 7.49. The smallest absolute Gasteiger partial charge is 0.257 e. The average Bonchev–Trinajstić information content (AvgIpc) is 3.67. The Hall–Kier alpha value is -6.98. The molecule has 0 fully saturated rings. The van der Waals surface area contributed by atoms with Crippen molar-refractivity contribution in [3.8, 4) is 17.2 Å². The van der Waals surface area contributed by atoms with Gasteiger partial charge in [0.15, 0.2) is 0 Å². The molecule has 0 radical (unpaired) electrons. The van der Waals surface area contributed by atoms with Crippen molar-refractivity contribution >= 4 is 78.9 Å². The van der Waals surface area contributed by atoms with Gasteiger partial charge in [-0.15, -0.1) is 0 Å². The predicted octanol–water partition coefficient (Wildman–Crippen LogP) is 12.0. The van der Waals surface area contributed by atoms with Gasteiger partial charge in [0.1, 0.15) is 11.5 Å². The van der Waals surface area contributed by atoms with Crippen molar-refractivity contribution in [2.45, 2.75) is 26.2 Å². The highest BCUT2D eigenvalue weighted by Gasteiger charge is 2.44. The highest BCUT2D eigenvalue weighted by Crippen LogP contribution is 2.47. The van der Waals surface area contributed by atoms with Crippen LogP contribution in [-0.4, -0.2) is 11.3 Å². The molecule has 0 bridgehead atoms. The summed E-state index contributed by atoms with van der Waals surface area (Å²) in [4.78, 5) is 4.83. The normalized spacial score (nSPS) is 12.9. The maximum Gasteiger partial charge on any atom is 0.257 e. The molecule has 0 saturated heterocycles. The predicted molar refractivity (Wildman–Crippen MR) is 240 cm³/mol. The molecular weight excluding hydrogens is 693 g/mol. The molecule has 57 heavy (non-hydrogen) atoms. The Labute approximate surface area is 333 Å². The van der Waals surface area contributed by atoms with Gasteiger partial charge >= 0.3 is 0 Å². The topological polar surface area (TPSA) is 20.6 Å². The van der Waals surface area contributed by atoms with E-state index in [9.17, 15) is 0 Å². The van der Waals surface area contributed by atoms with Crippen molar-refractivity contribution in [3.63, 3.8) is 0 Å². The fourth-order valence-corrected chi connectivity index (χ4v) is 9.09. The Morgan fingerprint density at radius 1 is 0.526 bits per heavy atom. The fraction of sp³-hybridized carbons (Fsp3) is 0.0769. The van der Waals surface area contributed by atoms with E-state index in [1.807, 2.05) is 0 Å². The van der Waals surface area contributed by atoms with E-state index in [0.29, 0.717) is 0 Å². The second-order valence-electron chi connectivity index (χ2n) is 16.2. The summed E-state index contributed by atoms with van der Waals surface area (Å²) in [5, 5.41) is 3.56. The summed E-state index contributed by atoms with van der Waals surface area (Å²) in [6, 6.07) is 65.8. The zero-order valence-electron chi connectivity index (χ0n) is 32.2. The van der Waals surface area contributed by atoms with Crippen molar-refractivity contribution in [1.29, 1.82) is 0 Å². The van der Waals surface area contributed by atoms with Crippen LogP contribution in [0.1, 0.15) is 26.3 Å². The number of fused-ring (bicyclic) bond motifs is 7. The SMILES string of the molecule is CC(C)(C)c1cc2c3c(c1)N(c1ccccc1)c1cc4c(ccn4-c4ccccc4)cc1B3c1c(cc(N(c3ccccc3)c3ccccc3)c3ccccc13)O2. The lowest BCUT2D eigenvalue weighted by Crippen LogP contribution is -2.60. The van der Waals surface area contributed by atoms with Gasteiger partial charge in [0.25, 0.3) is 6.71 Å². The Bertz CT molecular complexity index is 2930. The van der Waals surface area contributed by atoms with Crippen LogP contribution in [0.2, 0.25) is 0 Å². The van der Waals surface area contributed by atoms with E-state index < -0.39 is 0 Å². The molecule has 2 aliphatic heterocycles. The molecule has 3 heterocycles. The number of ether oxygens (including phenoxy) is 1. The number of hydrogen-bond donors (Lipinski definition) is 0. The number of aromatic nitrogens is 1. The lowest BCUT2D eigenvalue weighted by Gasteiger charge is -2.42. The summed E-state index contributed by atoms with van der Waals surface area (Å²) in [7, 11) is 0. The van der Waals surface area contributed by atoms with E-state index in [0.717, 1.165) is 45.6 Å². The Balaban J connectivity index is 1.24. The molecule has 5 heteroatoms. The van der Waals surface area contributed by atoms with Gasteiger partial charge in [-0.1, -0.05) is 124 Å². The highest BCUT2D eigenvalue weighted by atomic mass is 16.5. The minimum Gasteiger partial charge on any atom is -0.458 e. The molecule has 8 aromatic carbocycles. The first-order valence-electron chi connectivity index (χ1n) is 19.8. The number of anilines is 6. The van der Waals surface area contributed by atoms with Crippen LogP contribution < -0.4 is 30.9 Å². The molecule has 0 amide bonds. The summed E-state index contributed by atoms with van der Waals surface area (Å²) < 4.78 is 9.63. The first-order valence-corrected chi connectivity index (χ1v) is 19.8. The van der Waals surface area contributed by atoms with E-state index >= 15 is 0 Å². The van der Waals surface area contributed by atoms with E-state index in [1.54, 1.807) is 0 Å². The molecule has 0 saturated carbocycles. The van der Waals surface area contributed by atoms with Crippen LogP contribution in [0.5, 0.6) is 11.5 Å². The summed E-state index contributed by atoms with van der Waals surface area (Å²) in [6.45, 7) is 6.80. The quantitative estimate of drug-likeness (QED) is 0.164. The third-order valence-electron chi connectivity index (χ3n) is 11.8. The van der Waals surface area contributed by atoms with Crippen molar-refractivity contribution in [1.82, 2.24) is 4.57 Å². The summed E-state index contributed by atoms with van der Waals surface area (Å²) in [5.74, 6) is 1.80. The van der Waals surface area contributed by atoms with E-state index in [2.05, 4.69) is 223 Å². The van der Waals surface area contributed by atoms with Crippen molar-refractivity contribution < 1.29 is 4.74 Å². The van der Waals surface area contributed by atoms with Gasteiger partial charge in [-0.3, -0.25) is 0 Å². The van der Waals surface area contributed by atoms with Crippen LogP contribution in [-0.2, 0) is 5.41 Å². The lowest BCUT2D eigenvalue weighted by atomic mass is 9.33. The number of hydrogen-bond acceptors (Lipinski definition) is 3. The average molecular weight is 734 g/mol. The summed E-state index contributed by atoms with van der Waals surface area (Å²) in [5.41, 5.74) is 13.8.